The summed E-state index contributed by atoms with van der Waals surface area (Å²) in [5.41, 5.74) is 12.0. The Kier molecular flexibility index (Phi) is 5.43. The third-order valence-electron chi connectivity index (χ3n) is 11.4. The summed E-state index contributed by atoms with van der Waals surface area (Å²) in [6, 6.07) is 50.2. The number of thiophene rings is 1. The number of para-hydroxylation sites is 3. The fourth-order valence-electron chi connectivity index (χ4n) is 9.00. The molecule has 5 heteroatoms. The lowest BCUT2D eigenvalue weighted by atomic mass is 9.82. The second-order valence-electron chi connectivity index (χ2n) is 14.5. The third kappa shape index (κ3) is 3.60. The highest BCUT2D eigenvalue weighted by Crippen LogP contribution is 2.52. The summed E-state index contributed by atoms with van der Waals surface area (Å²) in [5.74, 6) is 0.651. The Hall–Kier alpha value is -6.30. The van der Waals surface area contributed by atoms with Crippen LogP contribution in [0.1, 0.15) is 25.0 Å². The molecule has 12 rings (SSSR count). The molecule has 0 saturated heterocycles. The largest absolute Gasteiger partial charge is 0.455 e. The maximum absolute atomic E-state index is 6.61. The number of benzene rings is 7. The lowest BCUT2D eigenvalue weighted by Crippen LogP contribution is -2.14. The van der Waals surface area contributed by atoms with Gasteiger partial charge in [-0.3, -0.25) is 4.57 Å². The van der Waals surface area contributed by atoms with Crippen molar-refractivity contribution in [3.63, 3.8) is 0 Å². The minimum Gasteiger partial charge on any atom is -0.455 e. The molecule has 4 nitrogen and oxygen atoms in total. The van der Waals surface area contributed by atoms with Gasteiger partial charge < -0.3 is 4.42 Å². The van der Waals surface area contributed by atoms with Gasteiger partial charge in [-0.05, 0) is 69.4 Å². The Morgan fingerprint density at radius 2 is 1.33 bits per heavy atom. The average Bonchev–Trinajstić information content (AvgIpc) is 3.90. The van der Waals surface area contributed by atoms with Gasteiger partial charge in [-0.2, -0.15) is 0 Å². The van der Waals surface area contributed by atoms with E-state index in [4.69, 9.17) is 14.4 Å². The molecule has 1 aliphatic rings. The standard InChI is InChI=1S/C47H29N3OS/c1-47(2)35-18-7-3-14-30(35)41-33-25-38-34(24-26(33)22-23-36(41)47)27-12-4-8-19-37(27)50(38)46-48-42-31-15-6-10-21-40(31)52-45(42)43(49-46)32-17-11-16-29-28-13-5-9-20-39(28)51-44(29)32/h3-25H,1-2H3. The van der Waals surface area contributed by atoms with Crippen LogP contribution in [-0.2, 0) is 5.41 Å². The molecule has 52 heavy (non-hydrogen) atoms. The molecular weight excluding hydrogens is 655 g/mol. The van der Waals surface area contributed by atoms with Crippen molar-refractivity contribution < 1.29 is 4.42 Å². The van der Waals surface area contributed by atoms with Crippen molar-refractivity contribution in [3.8, 4) is 28.3 Å². The van der Waals surface area contributed by atoms with E-state index in [1.54, 1.807) is 11.3 Å². The quantitative estimate of drug-likeness (QED) is 0.182. The lowest BCUT2D eigenvalue weighted by Gasteiger charge is -2.21. The van der Waals surface area contributed by atoms with Crippen LogP contribution < -0.4 is 0 Å². The molecule has 0 aliphatic heterocycles. The first-order valence-electron chi connectivity index (χ1n) is 17.8. The van der Waals surface area contributed by atoms with Crippen LogP contribution in [-0.4, -0.2) is 14.5 Å². The molecule has 0 atom stereocenters. The molecular formula is C47H29N3OS. The first-order chi connectivity index (χ1) is 25.5. The summed E-state index contributed by atoms with van der Waals surface area (Å²) >= 11 is 1.74. The topological polar surface area (TPSA) is 43.9 Å². The maximum atomic E-state index is 6.61. The van der Waals surface area contributed by atoms with Gasteiger partial charge in [0.15, 0.2) is 0 Å². The van der Waals surface area contributed by atoms with Gasteiger partial charge in [0.05, 0.1) is 26.9 Å². The van der Waals surface area contributed by atoms with Crippen molar-refractivity contribution in [1.29, 1.82) is 0 Å². The van der Waals surface area contributed by atoms with E-state index in [1.807, 2.05) is 12.1 Å². The van der Waals surface area contributed by atoms with Crippen molar-refractivity contribution in [2.24, 2.45) is 0 Å². The number of hydrogen-bond acceptors (Lipinski definition) is 4. The molecule has 11 aromatic rings. The average molecular weight is 684 g/mol. The van der Waals surface area contributed by atoms with Crippen molar-refractivity contribution in [2.45, 2.75) is 19.3 Å². The van der Waals surface area contributed by atoms with Gasteiger partial charge in [-0.1, -0.05) is 117 Å². The second kappa shape index (κ2) is 9.93. The van der Waals surface area contributed by atoms with Gasteiger partial charge in [0, 0.05) is 42.6 Å². The summed E-state index contributed by atoms with van der Waals surface area (Å²) in [6.45, 7) is 4.69. The van der Waals surface area contributed by atoms with E-state index < -0.39 is 0 Å². The van der Waals surface area contributed by atoms with Crippen LogP contribution in [0.25, 0.3) is 103 Å². The van der Waals surface area contributed by atoms with Crippen LogP contribution in [0, 0.1) is 0 Å². The SMILES string of the molecule is CC1(C)c2ccccc2-c2c1ccc1cc3c4ccccc4n(-c4nc(-c5cccc6c5oc5ccccc56)c5sc6ccccc6c5n4)c3cc21. The van der Waals surface area contributed by atoms with E-state index in [1.165, 1.54) is 48.5 Å². The normalized spacial score (nSPS) is 13.7. The van der Waals surface area contributed by atoms with Crippen LogP contribution in [0.3, 0.4) is 0 Å². The van der Waals surface area contributed by atoms with Crippen LogP contribution >= 0.6 is 11.3 Å². The van der Waals surface area contributed by atoms with Gasteiger partial charge in [0.25, 0.3) is 0 Å². The Labute approximate surface area is 302 Å². The molecule has 4 heterocycles. The fraction of sp³-hybridized carbons (Fsp3) is 0.0638. The molecule has 0 fully saturated rings. The summed E-state index contributed by atoms with van der Waals surface area (Å²) in [5, 5.41) is 8.18. The minimum atomic E-state index is -0.0808. The van der Waals surface area contributed by atoms with Gasteiger partial charge >= 0.3 is 0 Å². The predicted octanol–water partition coefficient (Wildman–Crippen LogP) is 13.0. The van der Waals surface area contributed by atoms with Crippen molar-refractivity contribution >= 4 is 86.2 Å². The van der Waals surface area contributed by atoms with E-state index in [2.05, 4.69) is 146 Å². The van der Waals surface area contributed by atoms with Gasteiger partial charge in [0.1, 0.15) is 11.2 Å². The fourth-order valence-corrected chi connectivity index (χ4v) is 10.1. The summed E-state index contributed by atoms with van der Waals surface area (Å²) in [4.78, 5) is 11.0. The summed E-state index contributed by atoms with van der Waals surface area (Å²) < 4.78 is 11.1. The maximum Gasteiger partial charge on any atom is 0.235 e. The summed E-state index contributed by atoms with van der Waals surface area (Å²) in [6.07, 6.45) is 0. The highest BCUT2D eigenvalue weighted by molar-refractivity contribution is 7.26. The molecule has 4 aromatic heterocycles. The number of hydrogen-bond donors (Lipinski definition) is 0. The van der Waals surface area contributed by atoms with Gasteiger partial charge in [-0.25, -0.2) is 9.97 Å². The Balaban J connectivity index is 1.22. The van der Waals surface area contributed by atoms with Gasteiger partial charge in [-0.15, -0.1) is 11.3 Å². The molecule has 7 aromatic carbocycles. The van der Waals surface area contributed by atoms with E-state index in [0.29, 0.717) is 5.95 Å². The number of fused-ring (bicyclic) bond motifs is 14. The number of rotatable bonds is 2. The lowest BCUT2D eigenvalue weighted by molar-refractivity contribution is 0.661. The Morgan fingerprint density at radius 1 is 0.577 bits per heavy atom. The molecule has 0 bridgehead atoms. The van der Waals surface area contributed by atoms with Crippen molar-refractivity contribution in [1.82, 2.24) is 14.5 Å². The van der Waals surface area contributed by atoms with Crippen LogP contribution in [0.5, 0.6) is 0 Å². The number of nitrogens with zero attached hydrogens (tertiary/aromatic N) is 3. The molecule has 0 radical (unpaired) electrons. The molecule has 244 valence electrons. The van der Waals surface area contributed by atoms with Crippen LogP contribution in [0.4, 0.5) is 0 Å². The van der Waals surface area contributed by atoms with E-state index in [-0.39, 0.29) is 5.41 Å². The molecule has 0 saturated carbocycles. The first kappa shape index (κ1) is 28.4. The number of furan rings is 1. The van der Waals surface area contributed by atoms with Gasteiger partial charge in [0.2, 0.25) is 5.95 Å². The highest BCUT2D eigenvalue weighted by atomic mass is 32.1. The monoisotopic (exact) mass is 683 g/mol. The van der Waals surface area contributed by atoms with E-state index in [9.17, 15) is 0 Å². The smallest absolute Gasteiger partial charge is 0.235 e. The third-order valence-corrected chi connectivity index (χ3v) is 12.6. The minimum absolute atomic E-state index is 0.0808. The molecule has 0 unspecified atom stereocenters. The predicted molar refractivity (Wildman–Crippen MR) is 217 cm³/mol. The van der Waals surface area contributed by atoms with Crippen LogP contribution in [0.2, 0.25) is 0 Å². The van der Waals surface area contributed by atoms with Crippen LogP contribution in [0.15, 0.2) is 144 Å². The van der Waals surface area contributed by atoms with Crippen molar-refractivity contribution in [2.75, 3.05) is 0 Å². The second-order valence-corrected chi connectivity index (χ2v) is 15.6. The number of aromatic nitrogens is 3. The highest BCUT2D eigenvalue weighted by Gasteiger charge is 2.36. The van der Waals surface area contributed by atoms with Crippen molar-refractivity contribution in [3.05, 3.63) is 151 Å². The van der Waals surface area contributed by atoms with E-state index in [0.717, 1.165) is 59.8 Å². The Morgan fingerprint density at radius 3 is 2.25 bits per heavy atom. The zero-order chi connectivity index (χ0) is 34.3. The Bertz CT molecular complexity index is 3340. The summed E-state index contributed by atoms with van der Waals surface area (Å²) in [7, 11) is 0. The zero-order valence-electron chi connectivity index (χ0n) is 28.4. The molecule has 1 aliphatic carbocycles. The molecule has 0 N–H and O–H groups in total. The zero-order valence-corrected chi connectivity index (χ0v) is 29.3. The van der Waals surface area contributed by atoms with E-state index >= 15 is 0 Å². The molecule has 0 spiro atoms. The molecule has 0 amide bonds. The first-order valence-corrected chi connectivity index (χ1v) is 18.6.